The zero-order valence-corrected chi connectivity index (χ0v) is 13.0. The van der Waals surface area contributed by atoms with Crippen LogP contribution in [0.2, 0.25) is 0 Å². The van der Waals surface area contributed by atoms with Gasteiger partial charge in [0.1, 0.15) is 5.52 Å². The Morgan fingerprint density at radius 2 is 2.29 bits per heavy atom. The summed E-state index contributed by atoms with van der Waals surface area (Å²) in [7, 11) is 0. The standard InChI is InChI=1S/C15H19N3O2.ClH/c1-9-5-6-16-13(7-9)15(19)18-11-3-4-14-12(8-11)17-10(2)20-14;/h3-4,8-9,13,16H,5-7H2,1-2H3,(H,18,19);1H. The van der Waals surface area contributed by atoms with Crippen LogP contribution in [0.1, 0.15) is 25.7 Å². The van der Waals surface area contributed by atoms with E-state index in [0.29, 0.717) is 11.8 Å². The highest BCUT2D eigenvalue weighted by Crippen LogP contribution is 2.21. The second kappa shape index (κ2) is 6.45. The smallest absolute Gasteiger partial charge is 0.241 e. The Morgan fingerprint density at radius 3 is 3.05 bits per heavy atom. The van der Waals surface area contributed by atoms with Gasteiger partial charge >= 0.3 is 0 Å². The molecule has 1 aromatic carbocycles. The molecule has 1 amide bonds. The van der Waals surface area contributed by atoms with E-state index in [0.717, 1.165) is 36.2 Å². The van der Waals surface area contributed by atoms with Crippen LogP contribution in [0.3, 0.4) is 0 Å². The second-order valence-electron chi connectivity index (χ2n) is 5.54. The van der Waals surface area contributed by atoms with Crippen molar-refractivity contribution in [1.29, 1.82) is 0 Å². The molecule has 2 heterocycles. The van der Waals surface area contributed by atoms with Crippen LogP contribution < -0.4 is 10.6 Å². The lowest BCUT2D eigenvalue weighted by molar-refractivity contribution is -0.119. The van der Waals surface area contributed by atoms with Crippen molar-refractivity contribution in [2.75, 3.05) is 11.9 Å². The zero-order chi connectivity index (χ0) is 14.1. The molecule has 0 radical (unpaired) electrons. The van der Waals surface area contributed by atoms with Crippen molar-refractivity contribution in [3.63, 3.8) is 0 Å². The maximum absolute atomic E-state index is 12.2. The van der Waals surface area contributed by atoms with E-state index < -0.39 is 0 Å². The molecule has 21 heavy (non-hydrogen) atoms. The van der Waals surface area contributed by atoms with Crippen molar-refractivity contribution in [3.8, 4) is 0 Å². The summed E-state index contributed by atoms with van der Waals surface area (Å²) in [5.41, 5.74) is 2.27. The molecule has 1 fully saturated rings. The molecule has 6 heteroatoms. The van der Waals surface area contributed by atoms with Crippen LogP contribution in [0.25, 0.3) is 11.1 Å². The van der Waals surface area contributed by atoms with Gasteiger partial charge in [-0.2, -0.15) is 0 Å². The first kappa shape index (κ1) is 15.8. The van der Waals surface area contributed by atoms with Crippen molar-refractivity contribution in [2.45, 2.75) is 32.7 Å². The fourth-order valence-electron chi connectivity index (χ4n) is 2.66. The number of fused-ring (bicyclic) bond motifs is 1. The first-order valence-electron chi connectivity index (χ1n) is 7.03. The van der Waals surface area contributed by atoms with Gasteiger partial charge in [0.05, 0.1) is 6.04 Å². The molecule has 114 valence electrons. The number of nitrogens with one attached hydrogen (secondary N) is 2. The van der Waals surface area contributed by atoms with E-state index in [1.54, 1.807) is 0 Å². The monoisotopic (exact) mass is 309 g/mol. The number of carbonyl (C=O) groups is 1. The molecule has 2 aromatic rings. The molecule has 1 aromatic heterocycles. The topological polar surface area (TPSA) is 67.2 Å². The van der Waals surface area contributed by atoms with Crippen molar-refractivity contribution in [3.05, 3.63) is 24.1 Å². The molecule has 3 rings (SSSR count). The van der Waals surface area contributed by atoms with E-state index in [2.05, 4.69) is 22.5 Å². The van der Waals surface area contributed by atoms with Crippen LogP contribution in [0.5, 0.6) is 0 Å². The van der Waals surface area contributed by atoms with Crippen LogP contribution >= 0.6 is 12.4 Å². The number of aryl methyl sites for hydroxylation is 1. The highest BCUT2D eigenvalue weighted by atomic mass is 35.5. The summed E-state index contributed by atoms with van der Waals surface area (Å²) in [5.74, 6) is 1.25. The zero-order valence-electron chi connectivity index (χ0n) is 12.2. The van der Waals surface area contributed by atoms with Gasteiger partial charge in [-0.15, -0.1) is 12.4 Å². The largest absolute Gasteiger partial charge is 0.441 e. The molecular weight excluding hydrogens is 290 g/mol. The number of carbonyl (C=O) groups excluding carboxylic acids is 1. The molecule has 0 aliphatic carbocycles. The van der Waals surface area contributed by atoms with Gasteiger partial charge in [0.15, 0.2) is 11.5 Å². The number of anilines is 1. The maximum atomic E-state index is 12.2. The molecule has 2 unspecified atom stereocenters. The van der Waals surface area contributed by atoms with Crippen LogP contribution in [0.15, 0.2) is 22.6 Å². The molecular formula is C15H20ClN3O2. The van der Waals surface area contributed by atoms with Gasteiger partial charge in [0.25, 0.3) is 0 Å². The summed E-state index contributed by atoms with van der Waals surface area (Å²) in [6.45, 7) is 4.90. The van der Waals surface area contributed by atoms with E-state index in [9.17, 15) is 4.79 Å². The average molecular weight is 310 g/mol. The van der Waals surface area contributed by atoms with E-state index in [1.807, 2.05) is 25.1 Å². The Kier molecular flexibility index (Phi) is 4.85. The molecule has 5 nitrogen and oxygen atoms in total. The minimum Gasteiger partial charge on any atom is -0.441 e. The number of piperidine rings is 1. The van der Waals surface area contributed by atoms with Crippen molar-refractivity contribution in [1.82, 2.24) is 10.3 Å². The SMILES string of the molecule is Cc1nc2cc(NC(=O)C3CC(C)CCN3)ccc2o1.Cl. The minimum atomic E-state index is -0.103. The third kappa shape index (κ3) is 3.54. The molecule has 0 saturated carbocycles. The molecule has 0 bridgehead atoms. The molecule has 1 aliphatic rings. The van der Waals surface area contributed by atoms with Crippen molar-refractivity contribution < 1.29 is 9.21 Å². The van der Waals surface area contributed by atoms with Crippen LogP contribution in [-0.2, 0) is 4.79 Å². The number of aromatic nitrogens is 1. The number of hydrogen-bond acceptors (Lipinski definition) is 4. The Labute approximate surface area is 129 Å². The molecule has 1 saturated heterocycles. The number of amides is 1. The highest BCUT2D eigenvalue weighted by Gasteiger charge is 2.24. The molecule has 0 spiro atoms. The Balaban J connectivity index is 0.00000161. The van der Waals surface area contributed by atoms with Crippen molar-refractivity contribution >= 4 is 35.1 Å². The lowest BCUT2D eigenvalue weighted by Gasteiger charge is -2.27. The minimum absolute atomic E-state index is 0. The number of halogens is 1. The lowest BCUT2D eigenvalue weighted by Crippen LogP contribution is -2.45. The van der Waals surface area contributed by atoms with Gasteiger partial charge in [0, 0.05) is 12.6 Å². The number of hydrogen-bond donors (Lipinski definition) is 2. The third-order valence-corrected chi connectivity index (χ3v) is 3.74. The van der Waals surface area contributed by atoms with E-state index in [-0.39, 0.29) is 24.4 Å². The number of benzene rings is 1. The molecule has 2 N–H and O–H groups in total. The number of rotatable bonds is 2. The first-order chi connectivity index (χ1) is 9.61. The molecule has 2 atom stereocenters. The second-order valence-corrected chi connectivity index (χ2v) is 5.54. The van der Waals surface area contributed by atoms with Gasteiger partial charge in [-0.25, -0.2) is 4.98 Å². The summed E-state index contributed by atoms with van der Waals surface area (Å²) in [5, 5.41) is 6.22. The predicted molar refractivity (Wildman–Crippen MR) is 84.8 cm³/mol. The van der Waals surface area contributed by atoms with Gasteiger partial charge in [-0.1, -0.05) is 6.92 Å². The van der Waals surface area contributed by atoms with Crippen LogP contribution in [-0.4, -0.2) is 23.5 Å². The fourth-order valence-corrected chi connectivity index (χ4v) is 2.66. The van der Waals surface area contributed by atoms with E-state index in [1.165, 1.54) is 0 Å². The van der Waals surface area contributed by atoms with Crippen molar-refractivity contribution in [2.24, 2.45) is 5.92 Å². The summed E-state index contributed by atoms with van der Waals surface area (Å²) in [6.07, 6.45) is 2.02. The van der Waals surface area contributed by atoms with E-state index in [4.69, 9.17) is 4.42 Å². The Bertz CT molecular complexity index is 641. The highest BCUT2D eigenvalue weighted by molar-refractivity contribution is 5.96. The Morgan fingerprint density at radius 1 is 1.48 bits per heavy atom. The predicted octanol–water partition coefficient (Wildman–Crippen LogP) is 2.88. The van der Waals surface area contributed by atoms with Crippen LogP contribution in [0.4, 0.5) is 5.69 Å². The number of oxazole rings is 1. The summed E-state index contributed by atoms with van der Waals surface area (Å²) in [6, 6.07) is 5.42. The fraction of sp³-hybridized carbons (Fsp3) is 0.467. The van der Waals surface area contributed by atoms with Gasteiger partial charge < -0.3 is 15.1 Å². The average Bonchev–Trinajstić information content (AvgIpc) is 2.78. The van der Waals surface area contributed by atoms with Gasteiger partial charge in [-0.05, 0) is 43.5 Å². The van der Waals surface area contributed by atoms with Gasteiger partial charge in [0.2, 0.25) is 5.91 Å². The first-order valence-corrected chi connectivity index (χ1v) is 7.03. The summed E-state index contributed by atoms with van der Waals surface area (Å²) >= 11 is 0. The van der Waals surface area contributed by atoms with Crippen LogP contribution in [0, 0.1) is 12.8 Å². The quantitative estimate of drug-likeness (QED) is 0.895. The summed E-state index contributed by atoms with van der Waals surface area (Å²) in [4.78, 5) is 16.5. The lowest BCUT2D eigenvalue weighted by atomic mass is 9.94. The third-order valence-electron chi connectivity index (χ3n) is 3.74. The van der Waals surface area contributed by atoms with E-state index >= 15 is 0 Å². The van der Waals surface area contributed by atoms with Gasteiger partial charge in [-0.3, -0.25) is 4.79 Å². The number of nitrogens with zero attached hydrogens (tertiary/aromatic N) is 1. The normalized spacial score (nSPS) is 21.8. The Hall–Kier alpha value is -1.59. The molecule has 1 aliphatic heterocycles. The maximum Gasteiger partial charge on any atom is 0.241 e. The summed E-state index contributed by atoms with van der Waals surface area (Å²) < 4.78 is 5.42.